The molecule has 1 aliphatic carbocycles. The zero-order valence-corrected chi connectivity index (χ0v) is 18.7. The topological polar surface area (TPSA) is 49.8 Å². The third-order valence-electron chi connectivity index (χ3n) is 5.83. The average molecular weight is 426 g/mol. The number of esters is 1. The van der Waals surface area contributed by atoms with E-state index >= 15 is 0 Å². The smallest absolute Gasteiger partial charge is 0.350 e. The van der Waals surface area contributed by atoms with Gasteiger partial charge >= 0.3 is 5.97 Å². The SMILES string of the molecule is CCN(CC)CC#CC1(OC(=O)C(O)(c2ccccc2)c2cccs2)CCCCC1. The number of nitrogens with zero attached hydrogens (tertiary/aromatic N) is 1. The highest BCUT2D eigenvalue weighted by atomic mass is 32.1. The van der Waals surface area contributed by atoms with Crippen LogP contribution in [0.4, 0.5) is 0 Å². The molecule has 1 unspecified atom stereocenters. The molecule has 1 aromatic carbocycles. The van der Waals surface area contributed by atoms with E-state index in [2.05, 4.69) is 30.6 Å². The van der Waals surface area contributed by atoms with Gasteiger partial charge in [0.25, 0.3) is 0 Å². The van der Waals surface area contributed by atoms with Crippen molar-refractivity contribution in [1.29, 1.82) is 0 Å². The first kappa shape index (κ1) is 22.6. The molecule has 0 aliphatic heterocycles. The maximum Gasteiger partial charge on any atom is 0.350 e. The van der Waals surface area contributed by atoms with Crippen molar-refractivity contribution >= 4 is 17.3 Å². The first-order valence-corrected chi connectivity index (χ1v) is 11.7. The highest BCUT2D eigenvalue weighted by Gasteiger charge is 2.46. The van der Waals surface area contributed by atoms with Gasteiger partial charge in [-0.3, -0.25) is 4.90 Å². The van der Waals surface area contributed by atoms with Gasteiger partial charge in [-0.1, -0.05) is 68.5 Å². The van der Waals surface area contributed by atoms with Gasteiger partial charge in [0.15, 0.2) is 5.60 Å². The molecule has 0 radical (unpaired) electrons. The van der Waals surface area contributed by atoms with Crippen LogP contribution in [0.5, 0.6) is 0 Å². The molecule has 0 saturated heterocycles. The van der Waals surface area contributed by atoms with Crippen molar-refractivity contribution in [2.75, 3.05) is 19.6 Å². The number of thiophene rings is 1. The fraction of sp³-hybridized carbons (Fsp3) is 0.480. The summed E-state index contributed by atoms with van der Waals surface area (Å²) in [4.78, 5) is 16.3. The summed E-state index contributed by atoms with van der Waals surface area (Å²) in [7, 11) is 0. The van der Waals surface area contributed by atoms with Gasteiger partial charge in [-0.15, -0.1) is 11.3 Å². The van der Waals surface area contributed by atoms with Crippen LogP contribution in [0.15, 0.2) is 47.8 Å². The predicted octanol–water partition coefficient (Wildman–Crippen LogP) is 4.58. The standard InChI is InChI=1S/C25H31NO3S/c1-3-26(4-2)19-12-18-24(16-9-6-10-17-24)29-23(27)25(28,22-15-11-20-30-22)21-13-7-5-8-14-21/h5,7-8,11,13-15,20,28H,3-4,6,9-10,16-17,19H2,1-2H3. The van der Waals surface area contributed by atoms with Crippen LogP contribution < -0.4 is 0 Å². The van der Waals surface area contributed by atoms with Crippen molar-refractivity contribution < 1.29 is 14.6 Å². The van der Waals surface area contributed by atoms with Crippen LogP contribution in [0.1, 0.15) is 56.4 Å². The summed E-state index contributed by atoms with van der Waals surface area (Å²) in [5.41, 5.74) is -2.15. The van der Waals surface area contributed by atoms with Crippen molar-refractivity contribution in [2.45, 2.75) is 57.2 Å². The molecular weight excluding hydrogens is 394 g/mol. The van der Waals surface area contributed by atoms with Crippen LogP contribution in [-0.4, -0.2) is 41.2 Å². The van der Waals surface area contributed by atoms with E-state index in [1.54, 1.807) is 18.2 Å². The van der Waals surface area contributed by atoms with Crippen LogP contribution in [0.25, 0.3) is 0 Å². The van der Waals surface area contributed by atoms with Gasteiger partial charge < -0.3 is 9.84 Å². The van der Waals surface area contributed by atoms with E-state index in [0.717, 1.165) is 32.4 Å². The normalized spacial score (nSPS) is 17.6. The zero-order chi connectivity index (χ0) is 21.5. The van der Waals surface area contributed by atoms with Crippen LogP contribution in [0.3, 0.4) is 0 Å². The second-order valence-electron chi connectivity index (χ2n) is 7.76. The molecule has 1 atom stereocenters. The van der Waals surface area contributed by atoms with Crippen molar-refractivity contribution in [3.8, 4) is 11.8 Å². The van der Waals surface area contributed by atoms with Gasteiger partial charge in [-0.25, -0.2) is 4.79 Å². The Balaban J connectivity index is 1.91. The Morgan fingerprint density at radius 1 is 1.13 bits per heavy atom. The number of hydrogen-bond donors (Lipinski definition) is 1. The third-order valence-corrected chi connectivity index (χ3v) is 6.81. The first-order valence-electron chi connectivity index (χ1n) is 10.8. The molecule has 0 amide bonds. The highest BCUT2D eigenvalue weighted by molar-refractivity contribution is 7.10. The van der Waals surface area contributed by atoms with Gasteiger partial charge in [0.05, 0.1) is 11.4 Å². The maximum atomic E-state index is 13.5. The molecule has 160 valence electrons. The van der Waals surface area contributed by atoms with Crippen molar-refractivity contribution in [2.24, 2.45) is 0 Å². The number of benzene rings is 1. The summed E-state index contributed by atoms with van der Waals surface area (Å²) < 4.78 is 6.10. The van der Waals surface area contributed by atoms with E-state index in [0.29, 0.717) is 29.8 Å². The van der Waals surface area contributed by atoms with E-state index in [4.69, 9.17) is 4.74 Å². The summed E-state index contributed by atoms with van der Waals surface area (Å²) in [5, 5.41) is 13.5. The molecule has 1 saturated carbocycles. The molecule has 1 N–H and O–H groups in total. The number of rotatable bonds is 7. The van der Waals surface area contributed by atoms with Gasteiger partial charge in [0, 0.05) is 5.56 Å². The Hall–Kier alpha value is -2.13. The number of carbonyl (C=O) groups excluding carboxylic acids is 1. The molecule has 30 heavy (non-hydrogen) atoms. The van der Waals surface area contributed by atoms with E-state index in [-0.39, 0.29) is 0 Å². The molecule has 1 aliphatic rings. The minimum atomic E-state index is -1.83. The second kappa shape index (κ2) is 10.3. The highest BCUT2D eigenvalue weighted by Crippen LogP contribution is 2.38. The zero-order valence-electron chi connectivity index (χ0n) is 17.9. The fourth-order valence-corrected chi connectivity index (χ4v) is 4.74. The Kier molecular flexibility index (Phi) is 7.71. The predicted molar refractivity (Wildman–Crippen MR) is 121 cm³/mol. The van der Waals surface area contributed by atoms with Crippen LogP contribution in [0, 0.1) is 11.8 Å². The lowest BCUT2D eigenvalue weighted by Crippen LogP contribution is -2.45. The maximum absolute atomic E-state index is 13.5. The molecule has 5 heteroatoms. The van der Waals surface area contributed by atoms with Gasteiger partial charge in [-0.05, 0) is 50.2 Å². The number of aliphatic hydroxyl groups is 1. The molecule has 2 aromatic rings. The van der Waals surface area contributed by atoms with Gasteiger partial charge in [0.2, 0.25) is 5.60 Å². The monoisotopic (exact) mass is 425 g/mol. The van der Waals surface area contributed by atoms with E-state index in [9.17, 15) is 9.90 Å². The van der Waals surface area contributed by atoms with Gasteiger partial charge in [0.1, 0.15) is 0 Å². The summed E-state index contributed by atoms with van der Waals surface area (Å²) >= 11 is 1.35. The second-order valence-corrected chi connectivity index (χ2v) is 8.71. The number of hydrogen-bond acceptors (Lipinski definition) is 5. The first-order chi connectivity index (χ1) is 14.5. The molecule has 0 bridgehead atoms. The lowest BCUT2D eigenvalue weighted by molar-refractivity contribution is -0.175. The van der Waals surface area contributed by atoms with Gasteiger partial charge in [-0.2, -0.15) is 0 Å². The minimum absolute atomic E-state index is 0.513. The lowest BCUT2D eigenvalue weighted by atomic mass is 9.84. The van der Waals surface area contributed by atoms with Crippen molar-refractivity contribution in [1.82, 2.24) is 4.90 Å². The van der Waals surface area contributed by atoms with E-state index in [1.807, 2.05) is 29.6 Å². The number of carbonyl (C=O) groups is 1. The lowest BCUT2D eigenvalue weighted by Gasteiger charge is -2.36. The molecule has 1 fully saturated rings. The molecule has 4 nitrogen and oxygen atoms in total. The molecule has 1 heterocycles. The van der Waals surface area contributed by atoms with E-state index in [1.165, 1.54) is 11.3 Å². The average Bonchev–Trinajstić information content (AvgIpc) is 3.33. The van der Waals surface area contributed by atoms with Crippen LogP contribution in [0.2, 0.25) is 0 Å². The molecule has 3 rings (SSSR count). The number of ether oxygens (including phenoxy) is 1. The summed E-state index contributed by atoms with van der Waals surface area (Å²) in [6.45, 7) is 6.75. The van der Waals surface area contributed by atoms with Crippen molar-refractivity contribution in [3.63, 3.8) is 0 Å². The third kappa shape index (κ3) is 4.95. The largest absolute Gasteiger partial charge is 0.443 e. The Morgan fingerprint density at radius 3 is 2.43 bits per heavy atom. The Labute approximate surface area is 183 Å². The molecular formula is C25H31NO3S. The quantitative estimate of drug-likeness (QED) is 0.521. The fourth-order valence-electron chi connectivity index (χ4n) is 3.91. The molecule has 0 spiro atoms. The Bertz CT molecular complexity index is 859. The minimum Gasteiger partial charge on any atom is -0.443 e. The summed E-state index contributed by atoms with van der Waals surface area (Å²) in [6.07, 6.45) is 4.47. The summed E-state index contributed by atoms with van der Waals surface area (Å²) in [5.74, 6) is 5.90. The summed E-state index contributed by atoms with van der Waals surface area (Å²) in [6, 6.07) is 12.6. The Morgan fingerprint density at radius 2 is 1.83 bits per heavy atom. The molecule has 1 aromatic heterocycles. The van der Waals surface area contributed by atoms with Crippen LogP contribution >= 0.6 is 11.3 Å². The van der Waals surface area contributed by atoms with Crippen LogP contribution in [-0.2, 0) is 15.1 Å². The van der Waals surface area contributed by atoms with Crippen molar-refractivity contribution in [3.05, 3.63) is 58.3 Å². The van der Waals surface area contributed by atoms with E-state index < -0.39 is 17.2 Å².